The Balaban J connectivity index is 2.04. The van der Waals surface area contributed by atoms with Gasteiger partial charge in [0, 0.05) is 24.8 Å². The number of hydrogen-bond acceptors (Lipinski definition) is 3. The predicted octanol–water partition coefficient (Wildman–Crippen LogP) is 1.65. The van der Waals surface area contributed by atoms with Gasteiger partial charge in [-0.15, -0.1) is 0 Å². The molecule has 2 saturated heterocycles. The summed E-state index contributed by atoms with van der Waals surface area (Å²) in [4.78, 5) is 26.2. The molecule has 2 heterocycles. The van der Waals surface area contributed by atoms with E-state index in [4.69, 9.17) is 0 Å². The molecule has 0 aromatic rings. The topological polar surface area (TPSA) is 49.4 Å². The van der Waals surface area contributed by atoms with E-state index in [1.807, 2.05) is 23.6 Å². The van der Waals surface area contributed by atoms with Gasteiger partial charge in [-0.1, -0.05) is 20.3 Å². The molecule has 2 amide bonds. The Morgan fingerprint density at radius 2 is 2.26 bits per heavy atom. The van der Waals surface area contributed by atoms with Crippen molar-refractivity contribution in [3.8, 4) is 0 Å². The van der Waals surface area contributed by atoms with Crippen LogP contribution in [0.4, 0.5) is 0 Å². The molecule has 0 aliphatic carbocycles. The van der Waals surface area contributed by atoms with Crippen LogP contribution >= 0.6 is 11.8 Å². The van der Waals surface area contributed by atoms with Crippen molar-refractivity contribution in [3.63, 3.8) is 0 Å². The minimum Gasteiger partial charge on any atom is -0.344 e. The zero-order chi connectivity index (χ0) is 13.8. The summed E-state index contributed by atoms with van der Waals surface area (Å²) in [6.45, 7) is 5.49. The highest BCUT2D eigenvalue weighted by molar-refractivity contribution is 8.00. The number of nitrogens with zero attached hydrogens (tertiary/aromatic N) is 1. The number of carbonyl (C=O) groups excluding carboxylic acids is 2. The summed E-state index contributed by atoms with van der Waals surface area (Å²) >= 11 is 1.96. The SMILES string of the molecule is CCC(C)C1NC(=O)CCN(CC2CCCS2)C1=O. The maximum Gasteiger partial charge on any atom is 0.245 e. The summed E-state index contributed by atoms with van der Waals surface area (Å²) in [6.07, 6.45) is 3.80. The maximum absolute atomic E-state index is 12.6. The Morgan fingerprint density at radius 3 is 2.89 bits per heavy atom. The van der Waals surface area contributed by atoms with Crippen molar-refractivity contribution in [2.24, 2.45) is 5.92 Å². The van der Waals surface area contributed by atoms with E-state index in [9.17, 15) is 9.59 Å². The second-order valence-corrected chi connectivity index (χ2v) is 7.01. The molecular weight excluding hydrogens is 260 g/mol. The molecule has 108 valence electrons. The fraction of sp³-hybridized carbons (Fsp3) is 0.857. The lowest BCUT2D eigenvalue weighted by Crippen LogP contribution is -2.49. The molecule has 0 aromatic carbocycles. The molecule has 4 nitrogen and oxygen atoms in total. The average Bonchev–Trinajstić information content (AvgIpc) is 2.87. The van der Waals surface area contributed by atoms with Crippen LogP contribution < -0.4 is 5.32 Å². The van der Waals surface area contributed by atoms with Gasteiger partial charge in [0.25, 0.3) is 0 Å². The molecule has 0 aromatic heterocycles. The van der Waals surface area contributed by atoms with Crippen LogP contribution in [-0.2, 0) is 9.59 Å². The van der Waals surface area contributed by atoms with Crippen molar-refractivity contribution >= 4 is 23.6 Å². The Morgan fingerprint density at radius 1 is 1.47 bits per heavy atom. The molecule has 0 radical (unpaired) electrons. The van der Waals surface area contributed by atoms with Gasteiger partial charge >= 0.3 is 0 Å². The summed E-state index contributed by atoms with van der Waals surface area (Å²) in [5.74, 6) is 1.54. The molecule has 0 spiro atoms. The molecule has 0 bridgehead atoms. The van der Waals surface area contributed by atoms with E-state index in [0.29, 0.717) is 18.2 Å². The van der Waals surface area contributed by atoms with Crippen LogP contribution in [0.25, 0.3) is 0 Å². The second-order valence-electron chi connectivity index (χ2n) is 5.60. The highest BCUT2D eigenvalue weighted by atomic mass is 32.2. The quantitative estimate of drug-likeness (QED) is 0.854. The lowest BCUT2D eigenvalue weighted by atomic mass is 9.98. The minimum atomic E-state index is -0.327. The molecule has 3 atom stereocenters. The average molecular weight is 284 g/mol. The van der Waals surface area contributed by atoms with Crippen molar-refractivity contribution < 1.29 is 9.59 Å². The van der Waals surface area contributed by atoms with Crippen molar-refractivity contribution in [1.82, 2.24) is 10.2 Å². The number of rotatable bonds is 4. The van der Waals surface area contributed by atoms with Crippen LogP contribution in [0.1, 0.15) is 39.5 Å². The summed E-state index contributed by atoms with van der Waals surface area (Å²) in [5, 5.41) is 3.46. The Hall–Kier alpha value is -0.710. The third-order valence-corrected chi connectivity index (χ3v) is 5.54. The molecule has 3 unspecified atom stereocenters. The monoisotopic (exact) mass is 284 g/mol. The molecule has 2 aliphatic rings. The summed E-state index contributed by atoms with van der Waals surface area (Å²) in [5.41, 5.74) is 0. The Kier molecular flexibility index (Phi) is 5.13. The third kappa shape index (κ3) is 3.65. The molecule has 2 aliphatic heterocycles. The van der Waals surface area contributed by atoms with E-state index in [1.165, 1.54) is 18.6 Å². The van der Waals surface area contributed by atoms with Gasteiger partial charge in [0.1, 0.15) is 6.04 Å². The third-order valence-electron chi connectivity index (χ3n) is 4.16. The van der Waals surface area contributed by atoms with Crippen molar-refractivity contribution in [1.29, 1.82) is 0 Å². The second kappa shape index (κ2) is 6.64. The number of thioether (sulfide) groups is 1. The van der Waals surface area contributed by atoms with E-state index in [0.717, 1.165) is 13.0 Å². The number of carbonyl (C=O) groups is 2. The van der Waals surface area contributed by atoms with Gasteiger partial charge < -0.3 is 10.2 Å². The Bertz CT molecular complexity index is 342. The number of hydrogen-bond donors (Lipinski definition) is 1. The van der Waals surface area contributed by atoms with Crippen molar-refractivity contribution in [2.45, 2.75) is 50.8 Å². The van der Waals surface area contributed by atoms with Gasteiger partial charge in [0.2, 0.25) is 11.8 Å². The molecule has 2 fully saturated rings. The normalized spacial score (nSPS) is 30.1. The highest BCUT2D eigenvalue weighted by Gasteiger charge is 2.34. The summed E-state index contributed by atoms with van der Waals surface area (Å²) < 4.78 is 0. The highest BCUT2D eigenvalue weighted by Crippen LogP contribution is 2.27. The van der Waals surface area contributed by atoms with Crippen LogP contribution in [0.2, 0.25) is 0 Å². The van der Waals surface area contributed by atoms with Crippen LogP contribution in [0.3, 0.4) is 0 Å². The molecule has 5 heteroatoms. The van der Waals surface area contributed by atoms with Crippen molar-refractivity contribution in [2.75, 3.05) is 18.8 Å². The lowest BCUT2D eigenvalue weighted by Gasteiger charge is -2.28. The molecule has 19 heavy (non-hydrogen) atoms. The maximum atomic E-state index is 12.6. The van der Waals surface area contributed by atoms with Crippen LogP contribution in [0.15, 0.2) is 0 Å². The van der Waals surface area contributed by atoms with Gasteiger partial charge in [-0.05, 0) is 24.5 Å². The fourth-order valence-corrected chi connectivity index (χ4v) is 3.97. The van der Waals surface area contributed by atoms with Crippen LogP contribution in [0.5, 0.6) is 0 Å². The van der Waals surface area contributed by atoms with Crippen LogP contribution in [-0.4, -0.2) is 46.8 Å². The zero-order valence-corrected chi connectivity index (χ0v) is 12.7. The van der Waals surface area contributed by atoms with Gasteiger partial charge in [0.15, 0.2) is 0 Å². The van der Waals surface area contributed by atoms with E-state index in [2.05, 4.69) is 12.2 Å². The molecule has 2 rings (SSSR count). The first-order chi connectivity index (χ1) is 9.11. The van der Waals surface area contributed by atoms with E-state index in [-0.39, 0.29) is 23.8 Å². The van der Waals surface area contributed by atoms with Gasteiger partial charge in [-0.2, -0.15) is 11.8 Å². The number of nitrogens with one attached hydrogen (secondary N) is 1. The molecule has 0 saturated carbocycles. The lowest BCUT2D eigenvalue weighted by molar-refractivity contribution is -0.134. The fourth-order valence-electron chi connectivity index (χ4n) is 2.69. The minimum absolute atomic E-state index is 0.0141. The first-order valence-electron chi connectivity index (χ1n) is 7.31. The molecular formula is C14H24N2O2S. The molecule has 1 N–H and O–H groups in total. The largest absolute Gasteiger partial charge is 0.344 e. The van der Waals surface area contributed by atoms with Gasteiger partial charge in [-0.25, -0.2) is 0 Å². The summed E-state index contributed by atoms with van der Waals surface area (Å²) in [7, 11) is 0. The van der Waals surface area contributed by atoms with Gasteiger partial charge in [0.05, 0.1) is 0 Å². The zero-order valence-electron chi connectivity index (χ0n) is 11.9. The van der Waals surface area contributed by atoms with Crippen LogP contribution in [0, 0.1) is 5.92 Å². The van der Waals surface area contributed by atoms with E-state index < -0.39 is 0 Å². The van der Waals surface area contributed by atoms with E-state index in [1.54, 1.807) is 0 Å². The summed E-state index contributed by atoms with van der Waals surface area (Å²) in [6, 6.07) is -0.327. The smallest absolute Gasteiger partial charge is 0.245 e. The van der Waals surface area contributed by atoms with Crippen molar-refractivity contribution in [3.05, 3.63) is 0 Å². The predicted molar refractivity (Wildman–Crippen MR) is 78.1 cm³/mol. The first-order valence-corrected chi connectivity index (χ1v) is 8.36. The first kappa shape index (κ1) is 14.7. The number of amides is 2. The standard InChI is InChI=1S/C14H24N2O2S/c1-3-10(2)13-14(18)16(7-6-12(17)15-13)9-11-5-4-8-19-11/h10-11,13H,3-9H2,1-2H3,(H,15,17). The van der Waals surface area contributed by atoms with E-state index >= 15 is 0 Å². The van der Waals surface area contributed by atoms with Gasteiger partial charge in [-0.3, -0.25) is 9.59 Å². The Labute approximate surface area is 119 Å².